The molecular formula is C41H56N6O9S. The molecule has 3 N–H and O–H groups in total. The Hall–Kier alpha value is -4.47. The molecule has 2 aliphatic carbocycles. The van der Waals surface area contributed by atoms with E-state index < -0.39 is 67.7 Å². The molecule has 16 heteroatoms. The summed E-state index contributed by atoms with van der Waals surface area (Å²) in [5.41, 5.74) is -0.0375. The first-order valence-electron chi connectivity index (χ1n) is 20.2. The van der Waals surface area contributed by atoms with E-state index in [1.54, 1.807) is 20.1 Å². The largest absolute Gasteiger partial charge is 0.483 e. The number of nitrogens with one attached hydrogen (secondary N) is 3. The third-order valence-electron chi connectivity index (χ3n) is 12.4. The zero-order valence-electron chi connectivity index (χ0n) is 33.9. The van der Waals surface area contributed by atoms with Crippen molar-refractivity contribution in [2.75, 3.05) is 20.3 Å². The average Bonchev–Trinajstić information content (AvgIpc) is 3.82. The zero-order chi connectivity index (χ0) is 41.0. The van der Waals surface area contributed by atoms with Gasteiger partial charge in [0, 0.05) is 24.0 Å². The predicted octanol–water partition coefficient (Wildman–Crippen LogP) is 4.54. The molecule has 57 heavy (non-hydrogen) atoms. The van der Waals surface area contributed by atoms with Gasteiger partial charge in [0.1, 0.15) is 29.0 Å². The van der Waals surface area contributed by atoms with Crippen LogP contribution in [0.5, 0.6) is 11.6 Å². The van der Waals surface area contributed by atoms with Crippen molar-refractivity contribution in [2.45, 2.75) is 140 Å². The van der Waals surface area contributed by atoms with Crippen LogP contribution in [-0.2, 0) is 35.6 Å². The van der Waals surface area contributed by atoms with Crippen LogP contribution in [0.4, 0.5) is 4.79 Å². The van der Waals surface area contributed by atoms with Gasteiger partial charge in [0.05, 0.1) is 41.7 Å². The number of sulfonamides is 1. The van der Waals surface area contributed by atoms with Gasteiger partial charge in [0.2, 0.25) is 27.7 Å². The van der Waals surface area contributed by atoms with Gasteiger partial charge in [-0.1, -0.05) is 45.8 Å². The van der Waals surface area contributed by atoms with Gasteiger partial charge >= 0.3 is 6.09 Å². The van der Waals surface area contributed by atoms with Crippen molar-refractivity contribution in [2.24, 2.45) is 11.3 Å². The molecule has 5 aliphatic rings. The van der Waals surface area contributed by atoms with Gasteiger partial charge < -0.3 is 29.7 Å². The fourth-order valence-electron chi connectivity index (χ4n) is 8.48. The highest BCUT2D eigenvalue weighted by molar-refractivity contribution is 7.91. The van der Waals surface area contributed by atoms with Crippen molar-refractivity contribution in [3.8, 4) is 11.6 Å². The van der Waals surface area contributed by atoms with Gasteiger partial charge in [-0.15, -0.1) is 0 Å². The zero-order valence-corrected chi connectivity index (χ0v) is 34.7. The Kier molecular flexibility index (Phi) is 10.7. The summed E-state index contributed by atoms with van der Waals surface area (Å²) >= 11 is 0. The van der Waals surface area contributed by atoms with Gasteiger partial charge in [0.25, 0.3) is 5.91 Å². The Bertz CT molecular complexity index is 2100. The molecule has 1 spiro atoms. The number of allylic oxidation sites excluding steroid dienone is 1. The van der Waals surface area contributed by atoms with E-state index in [-0.39, 0.29) is 31.4 Å². The number of carbonyl (C=O) groups excluding carboxylic acids is 4. The molecule has 1 saturated heterocycles. The number of amides is 4. The fourth-order valence-corrected chi connectivity index (χ4v) is 9.80. The lowest BCUT2D eigenvalue weighted by Gasteiger charge is -2.48. The molecule has 0 bridgehead atoms. The van der Waals surface area contributed by atoms with Crippen LogP contribution in [-0.4, -0.2) is 95.3 Å². The Balaban J connectivity index is 1.24. The van der Waals surface area contributed by atoms with Gasteiger partial charge in [-0.3, -0.25) is 19.1 Å². The quantitative estimate of drug-likeness (QED) is 0.347. The molecule has 0 unspecified atom stereocenters. The summed E-state index contributed by atoms with van der Waals surface area (Å²) in [6.07, 6.45) is 9.08. The van der Waals surface area contributed by atoms with E-state index in [4.69, 9.17) is 19.2 Å². The lowest BCUT2D eigenvalue weighted by Crippen LogP contribution is -2.70. The predicted molar refractivity (Wildman–Crippen MR) is 211 cm³/mol. The molecule has 2 aromatic heterocycles. The minimum atomic E-state index is -4.01. The van der Waals surface area contributed by atoms with Crippen LogP contribution in [0.25, 0.3) is 11.0 Å². The molecule has 0 aromatic carbocycles. The Morgan fingerprint density at radius 3 is 2.53 bits per heavy atom. The maximum absolute atomic E-state index is 14.8. The lowest BCUT2D eigenvalue weighted by atomic mass is 9.65. The van der Waals surface area contributed by atoms with Crippen molar-refractivity contribution in [3.63, 3.8) is 0 Å². The molecular weight excluding hydrogens is 753 g/mol. The normalized spacial score (nSPS) is 29.2. The van der Waals surface area contributed by atoms with Crippen molar-refractivity contribution < 1.29 is 41.8 Å². The Morgan fingerprint density at radius 2 is 1.84 bits per heavy atom. The fraction of sp³-hybridized carbons (Fsp3) is 0.659. The van der Waals surface area contributed by atoms with Gasteiger partial charge in [0.15, 0.2) is 0 Å². The van der Waals surface area contributed by atoms with E-state index in [0.29, 0.717) is 79.7 Å². The van der Waals surface area contributed by atoms with Crippen LogP contribution in [0.3, 0.4) is 0 Å². The van der Waals surface area contributed by atoms with Crippen LogP contribution in [0.15, 0.2) is 24.3 Å². The van der Waals surface area contributed by atoms with E-state index in [1.165, 1.54) is 4.90 Å². The van der Waals surface area contributed by atoms with Crippen LogP contribution in [0.2, 0.25) is 0 Å². The minimum Gasteiger partial charge on any atom is -0.483 e. The molecule has 7 rings (SSSR count). The van der Waals surface area contributed by atoms with Crippen LogP contribution in [0.1, 0.15) is 110 Å². The Labute approximate surface area is 334 Å². The second-order valence-electron chi connectivity index (χ2n) is 18.1. The first-order valence-corrected chi connectivity index (χ1v) is 21.7. The van der Waals surface area contributed by atoms with Gasteiger partial charge in [-0.2, -0.15) is 0 Å². The van der Waals surface area contributed by atoms with Crippen molar-refractivity contribution >= 4 is 44.9 Å². The lowest BCUT2D eigenvalue weighted by molar-refractivity contribution is -0.144. The number of hydrogen-bond donors (Lipinski definition) is 3. The van der Waals surface area contributed by atoms with Crippen molar-refractivity contribution in [1.29, 1.82) is 0 Å². The summed E-state index contributed by atoms with van der Waals surface area (Å²) in [6.45, 7) is 9.43. The van der Waals surface area contributed by atoms with Gasteiger partial charge in [-0.25, -0.2) is 23.2 Å². The number of alkyl carbamates (subject to hydrolysis) is 1. The van der Waals surface area contributed by atoms with Crippen molar-refractivity contribution in [3.05, 3.63) is 35.5 Å². The number of nitrogens with zero attached hydrogens (tertiary/aromatic N) is 3. The monoisotopic (exact) mass is 808 g/mol. The number of ether oxygens (including phenoxy) is 3. The minimum absolute atomic E-state index is 0.0247. The maximum Gasteiger partial charge on any atom is 0.407 e. The maximum atomic E-state index is 14.8. The molecule has 3 fully saturated rings. The molecule has 310 valence electrons. The summed E-state index contributed by atoms with van der Waals surface area (Å²) < 4.78 is 45.7. The number of methoxy groups -OCH3 is 1. The van der Waals surface area contributed by atoms with E-state index >= 15 is 0 Å². The van der Waals surface area contributed by atoms with Crippen molar-refractivity contribution in [1.82, 2.24) is 30.2 Å². The highest BCUT2D eigenvalue weighted by atomic mass is 32.2. The van der Waals surface area contributed by atoms with E-state index in [1.807, 2.05) is 45.9 Å². The SMILES string of the molecule is COc1ccc2nc(C)c3c(c2n1)CC[C@]1(C[C@H]2C(=O)N[C@]4(C(=O)NS(=O)(=O)C5(C)CC5)CC[C@H]4/C=C\CCCCC[C@H](NC(=O)OCC(C)(C)C)C(=O)N2C1)O3. The standard InChI is InChI=1S/C41H56N6O9S/c1-25-33-27(32-28(42-25)14-15-31(44-32)54-6)17-18-40(56-33)22-30-34(48)45-41(36(50)46-57(52,53)39(5)20-21-39)19-16-26(41)12-10-8-7-9-11-13-29(35(49)47(30)23-40)43-37(51)55-24-38(2,3)4/h10,12,14-15,26,29-30H,7-9,11,13,16-24H2,1-6H3,(H,43,51)(H,45,48)(H,46,50)/b12-10-/t26-,29+,30+,40-,41-/m1/s1. The molecule has 2 aromatic rings. The molecule has 2 saturated carbocycles. The first kappa shape index (κ1) is 40.7. The first-order chi connectivity index (χ1) is 26.9. The topological polar surface area (TPSA) is 195 Å². The number of pyridine rings is 2. The smallest absolute Gasteiger partial charge is 0.407 e. The van der Waals surface area contributed by atoms with E-state index in [9.17, 15) is 27.6 Å². The molecule has 4 amide bonds. The van der Waals surface area contributed by atoms with E-state index in [2.05, 4.69) is 20.3 Å². The summed E-state index contributed by atoms with van der Waals surface area (Å²) in [5, 5.41) is 5.81. The Morgan fingerprint density at radius 1 is 1.07 bits per heavy atom. The second-order valence-corrected chi connectivity index (χ2v) is 20.3. The summed E-state index contributed by atoms with van der Waals surface area (Å²) in [6, 6.07) is 1.48. The number of rotatable bonds is 6. The van der Waals surface area contributed by atoms with Crippen LogP contribution < -0.4 is 24.8 Å². The van der Waals surface area contributed by atoms with Gasteiger partial charge in [-0.05, 0) is 83.1 Å². The molecule has 3 aliphatic heterocycles. The number of fused-ring (bicyclic) bond motifs is 5. The highest BCUT2D eigenvalue weighted by Crippen LogP contribution is 2.47. The number of carbonyl (C=O) groups is 4. The summed E-state index contributed by atoms with van der Waals surface area (Å²) in [7, 11) is -2.47. The third-order valence-corrected chi connectivity index (χ3v) is 14.6. The third kappa shape index (κ3) is 8.02. The number of aryl methyl sites for hydroxylation is 2. The molecule has 0 radical (unpaired) electrons. The number of hydrogen-bond acceptors (Lipinski definition) is 11. The molecule has 15 nitrogen and oxygen atoms in total. The van der Waals surface area contributed by atoms with Crippen LogP contribution in [0, 0.1) is 18.3 Å². The average molecular weight is 809 g/mol. The number of aromatic nitrogens is 2. The van der Waals surface area contributed by atoms with Crippen LogP contribution >= 0.6 is 0 Å². The summed E-state index contributed by atoms with van der Waals surface area (Å²) in [4.78, 5) is 67.9. The molecule has 5 atom stereocenters. The summed E-state index contributed by atoms with van der Waals surface area (Å²) in [5.74, 6) is -1.32. The van der Waals surface area contributed by atoms with E-state index in [0.717, 1.165) is 18.4 Å². The highest BCUT2D eigenvalue weighted by Gasteiger charge is 2.59. The second kappa shape index (κ2) is 15.0. The molecule has 5 heterocycles.